The monoisotopic (exact) mass is 645 g/mol. The predicted molar refractivity (Wildman–Crippen MR) is 177 cm³/mol. The first kappa shape index (κ1) is 34.9. The van der Waals surface area contributed by atoms with Crippen LogP contribution in [-0.4, -0.2) is 57.5 Å². The highest BCUT2D eigenvalue weighted by atomic mass is 28.4. The van der Waals surface area contributed by atoms with E-state index in [2.05, 4.69) is 55.1 Å². The van der Waals surface area contributed by atoms with E-state index in [1.165, 1.54) is 13.8 Å². The number of ether oxygens (including phenoxy) is 4. The van der Waals surface area contributed by atoms with Gasteiger partial charge < -0.3 is 23.4 Å². The minimum atomic E-state index is -3.08. The molecule has 0 N–H and O–H groups in total. The third kappa shape index (κ3) is 8.04. The Kier molecular flexibility index (Phi) is 11.8. The fraction of sp³-hybridized carbons (Fsp3) is 0.429. The van der Waals surface area contributed by atoms with E-state index in [-0.39, 0.29) is 24.8 Å². The quantitative estimate of drug-likeness (QED) is 0.0539. The lowest BCUT2D eigenvalue weighted by Gasteiger charge is -2.45. The molecule has 0 bridgehead atoms. The Balaban J connectivity index is 1.86. The standard InChI is InChI=1S/C35H43N3O7Si/c1-26(39)43-31-32(41-24-28-16-9-6-10-17-28)35(22-15-23-37-38-36,45-33(31)44-27(2)40)25-42-46(34(3,4)5,29-18-11-7-12-19-29)30-20-13-8-14-21-30/h6-14,16-21,31-33H,15,22-25H2,1-5H3/t31-,32+,33+,35-/m1/s1. The average Bonchev–Trinajstić information content (AvgIpc) is 3.29. The molecule has 0 aromatic heterocycles. The molecule has 244 valence electrons. The van der Waals surface area contributed by atoms with Crippen molar-refractivity contribution in [3.8, 4) is 0 Å². The van der Waals surface area contributed by atoms with Crippen molar-refractivity contribution < 1.29 is 33.0 Å². The fourth-order valence-corrected chi connectivity index (χ4v) is 10.9. The Hall–Kier alpha value is -3.99. The number of azide groups is 1. The van der Waals surface area contributed by atoms with Gasteiger partial charge in [0.25, 0.3) is 8.32 Å². The van der Waals surface area contributed by atoms with E-state index < -0.39 is 44.4 Å². The number of nitrogens with zero attached hydrogens (tertiary/aromatic N) is 3. The lowest BCUT2D eigenvalue weighted by Crippen LogP contribution is -2.68. The molecule has 11 heteroatoms. The van der Waals surface area contributed by atoms with Gasteiger partial charge in [-0.25, -0.2) is 0 Å². The molecular formula is C35H43N3O7Si. The topological polar surface area (TPSA) is 129 Å². The minimum Gasteiger partial charge on any atom is -0.453 e. The summed E-state index contributed by atoms with van der Waals surface area (Å²) in [6.45, 7) is 9.49. The number of esters is 2. The SMILES string of the molecule is CC(=O)O[C@H]1O[C@](CCCN=[N+]=[N-])(CO[Si](c2ccccc2)(c2ccccc2)C(C)(C)C)[C@@H](OCc2ccccc2)[C@H]1OC(C)=O. The van der Waals surface area contributed by atoms with Gasteiger partial charge in [-0.1, -0.05) is 117 Å². The highest BCUT2D eigenvalue weighted by Gasteiger charge is 2.61. The Labute approximate surface area is 271 Å². The first-order chi connectivity index (χ1) is 22.0. The van der Waals surface area contributed by atoms with Crippen LogP contribution < -0.4 is 10.4 Å². The van der Waals surface area contributed by atoms with Gasteiger partial charge in [-0.15, -0.1) is 0 Å². The van der Waals surface area contributed by atoms with Gasteiger partial charge in [0.1, 0.15) is 11.7 Å². The second-order valence-electron chi connectivity index (χ2n) is 12.5. The van der Waals surface area contributed by atoms with Gasteiger partial charge in [0.15, 0.2) is 6.10 Å². The number of hydrogen-bond donors (Lipinski definition) is 0. The predicted octanol–water partition coefficient (Wildman–Crippen LogP) is 5.83. The summed E-state index contributed by atoms with van der Waals surface area (Å²) < 4.78 is 32.0. The summed E-state index contributed by atoms with van der Waals surface area (Å²) in [5.74, 6) is -1.17. The summed E-state index contributed by atoms with van der Waals surface area (Å²) in [6, 6.07) is 30.0. The van der Waals surface area contributed by atoms with Gasteiger partial charge in [0.2, 0.25) is 6.29 Å². The molecule has 0 radical (unpaired) electrons. The third-order valence-corrected chi connectivity index (χ3v) is 13.1. The molecule has 1 aliphatic rings. The average molecular weight is 646 g/mol. The van der Waals surface area contributed by atoms with Crippen LogP contribution in [0.2, 0.25) is 5.04 Å². The Morgan fingerprint density at radius 3 is 1.93 bits per heavy atom. The largest absolute Gasteiger partial charge is 0.453 e. The maximum absolute atomic E-state index is 12.4. The zero-order valence-corrected chi connectivity index (χ0v) is 28.1. The minimum absolute atomic E-state index is 0.0194. The zero-order chi connectivity index (χ0) is 33.2. The Morgan fingerprint density at radius 2 is 1.43 bits per heavy atom. The van der Waals surface area contributed by atoms with Crippen molar-refractivity contribution in [2.75, 3.05) is 13.2 Å². The molecule has 1 heterocycles. The summed E-state index contributed by atoms with van der Waals surface area (Å²) in [5.41, 5.74) is 8.63. The van der Waals surface area contributed by atoms with Crippen molar-refractivity contribution in [3.63, 3.8) is 0 Å². The maximum Gasteiger partial charge on any atom is 0.305 e. The third-order valence-electron chi connectivity index (χ3n) is 8.16. The van der Waals surface area contributed by atoms with Gasteiger partial charge in [-0.05, 0) is 39.3 Å². The van der Waals surface area contributed by atoms with Crippen LogP contribution in [0.15, 0.2) is 96.1 Å². The van der Waals surface area contributed by atoms with Gasteiger partial charge >= 0.3 is 11.9 Å². The summed E-state index contributed by atoms with van der Waals surface area (Å²) in [4.78, 5) is 27.6. The van der Waals surface area contributed by atoms with Crippen molar-refractivity contribution in [2.24, 2.45) is 5.11 Å². The number of benzene rings is 3. The van der Waals surface area contributed by atoms with E-state index in [4.69, 9.17) is 28.9 Å². The highest BCUT2D eigenvalue weighted by molar-refractivity contribution is 6.99. The van der Waals surface area contributed by atoms with E-state index in [1.807, 2.05) is 66.7 Å². The lowest BCUT2D eigenvalue weighted by atomic mass is 9.90. The molecule has 0 saturated carbocycles. The first-order valence-corrected chi connectivity index (χ1v) is 17.4. The van der Waals surface area contributed by atoms with E-state index in [1.54, 1.807) is 0 Å². The summed E-state index contributed by atoms with van der Waals surface area (Å²) in [7, 11) is -3.08. The molecule has 4 rings (SSSR count). The van der Waals surface area contributed by atoms with Crippen molar-refractivity contribution in [3.05, 3.63) is 107 Å². The second-order valence-corrected chi connectivity index (χ2v) is 16.8. The van der Waals surface area contributed by atoms with Gasteiger partial charge in [-0.3, -0.25) is 9.59 Å². The van der Waals surface area contributed by atoms with E-state index in [0.717, 1.165) is 15.9 Å². The van der Waals surface area contributed by atoms with Crippen LogP contribution in [0.1, 0.15) is 53.0 Å². The van der Waals surface area contributed by atoms with Crippen molar-refractivity contribution >= 4 is 30.6 Å². The maximum atomic E-state index is 12.4. The lowest BCUT2D eigenvalue weighted by molar-refractivity contribution is -0.209. The molecule has 0 spiro atoms. The number of carbonyl (C=O) groups excluding carboxylic acids is 2. The van der Waals surface area contributed by atoms with Crippen LogP contribution in [0.25, 0.3) is 10.4 Å². The zero-order valence-electron chi connectivity index (χ0n) is 27.1. The van der Waals surface area contributed by atoms with Crippen LogP contribution in [0.5, 0.6) is 0 Å². The molecule has 1 saturated heterocycles. The smallest absolute Gasteiger partial charge is 0.305 e. The van der Waals surface area contributed by atoms with E-state index >= 15 is 0 Å². The molecule has 46 heavy (non-hydrogen) atoms. The van der Waals surface area contributed by atoms with Gasteiger partial charge in [0.05, 0.1) is 13.2 Å². The molecule has 1 aliphatic heterocycles. The molecule has 0 amide bonds. The van der Waals surface area contributed by atoms with Crippen molar-refractivity contribution in [1.82, 2.24) is 0 Å². The molecule has 4 atom stereocenters. The Morgan fingerprint density at radius 1 is 0.891 bits per heavy atom. The van der Waals surface area contributed by atoms with Gasteiger partial charge in [0, 0.05) is 25.3 Å². The van der Waals surface area contributed by atoms with Crippen molar-refractivity contribution in [1.29, 1.82) is 0 Å². The van der Waals surface area contributed by atoms with Crippen LogP contribution in [-0.2, 0) is 39.6 Å². The molecule has 3 aromatic rings. The normalized spacial score (nSPS) is 21.3. The molecule has 0 unspecified atom stereocenters. The number of carbonyl (C=O) groups is 2. The Bertz CT molecular complexity index is 1440. The van der Waals surface area contributed by atoms with Crippen LogP contribution in [0.4, 0.5) is 0 Å². The van der Waals surface area contributed by atoms with Crippen LogP contribution >= 0.6 is 0 Å². The first-order valence-electron chi connectivity index (χ1n) is 15.5. The second kappa shape index (κ2) is 15.5. The number of rotatable bonds is 14. The highest BCUT2D eigenvalue weighted by Crippen LogP contribution is 2.43. The van der Waals surface area contributed by atoms with E-state index in [0.29, 0.717) is 12.8 Å². The fourth-order valence-electron chi connectivity index (χ4n) is 6.25. The van der Waals surface area contributed by atoms with E-state index in [9.17, 15) is 9.59 Å². The molecule has 10 nitrogen and oxygen atoms in total. The summed E-state index contributed by atoms with van der Waals surface area (Å²) in [5, 5.41) is 5.55. The summed E-state index contributed by atoms with van der Waals surface area (Å²) >= 11 is 0. The summed E-state index contributed by atoms with van der Waals surface area (Å²) in [6.07, 6.45) is -2.50. The van der Waals surface area contributed by atoms with Crippen molar-refractivity contribution in [2.45, 2.75) is 83.2 Å². The van der Waals surface area contributed by atoms with Gasteiger partial charge in [-0.2, -0.15) is 0 Å². The van der Waals surface area contributed by atoms with Crippen LogP contribution in [0, 0.1) is 0 Å². The van der Waals surface area contributed by atoms with Crippen LogP contribution in [0.3, 0.4) is 0 Å². The number of hydrogen-bond acceptors (Lipinski definition) is 8. The molecule has 1 fully saturated rings. The molecule has 0 aliphatic carbocycles. The molecule has 3 aromatic carbocycles. The molecular weight excluding hydrogens is 602 g/mol.